The lowest BCUT2D eigenvalue weighted by molar-refractivity contribution is -0.113. The number of imidazole rings is 1. The maximum absolute atomic E-state index is 12.1. The molecule has 0 fully saturated rings. The fourth-order valence-corrected chi connectivity index (χ4v) is 2.73. The van der Waals surface area contributed by atoms with Crippen LogP contribution in [0.4, 0.5) is 11.8 Å². The van der Waals surface area contributed by atoms with E-state index in [0.29, 0.717) is 22.0 Å². The molecule has 9 heteroatoms. The van der Waals surface area contributed by atoms with E-state index in [4.69, 9.17) is 5.73 Å². The first kappa shape index (κ1) is 15.2. The average Bonchev–Trinajstić information content (AvgIpc) is 2.97. The lowest BCUT2D eigenvalue weighted by Gasteiger charge is -2.07. The van der Waals surface area contributed by atoms with Crippen LogP contribution in [0.5, 0.6) is 0 Å². The minimum Gasteiger partial charge on any atom is -0.368 e. The van der Waals surface area contributed by atoms with Crippen molar-refractivity contribution < 1.29 is 4.79 Å². The predicted molar refractivity (Wildman–Crippen MR) is 89.2 cm³/mol. The van der Waals surface area contributed by atoms with Gasteiger partial charge in [-0.15, -0.1) is 0 Å². The number of aromatic nitrogens is 5. The van der Waals surface area contributed by atoms with Gasteiger partial charge in [-0.2, -0.15) is 4.98 Å². The number of nitrogens with one attached hydrogen (secondary N) is 2. The molecule has 0 unspecified atom stereocenters. The number of anilines is 2. The lowest BCUT2D eigenvalue weighted by Crippen LogP contribution is -2.15. The van der Waals surface area contributed by atoms with Crippen molar-refractivity contribution in [2.45, 2.75) is 18.9 Å². The van der Waals surface area contributed by atoms with Crippen LogP contribution in [-0.4, -0.2) is 36.6 Å². The normalized spacial score (nSPS) is 10.9. The number of amides is 1. The molecule has 3 aromatic rings. The topological polar surface area (TPSA) is 122 Å². The summed E-state index contributed by atoms with van der Waals surface area (Å²) in [4.78, 5) is 31.5. The third-order valence-corrected chi connectivity index (χ3v) is 4.20. The molecule has 0 radical (unpaired) electrons. The molecule has 23 heavy (non-hydrogen) atoms. The second kappa shape index (κ2) is 6.21. The van der Waals surface area contributed by atoms with Crippen LogP contribution in [0.3, 0.4) is 0 Å². The Morgan fingerprint density at radius 1 is 1.30 bits per heavy atom. The minimum absolute atomic E-state index is 0.128. The zero-order valence-electron chi connectivity index (χ0n) is 12.6. The summed E-state index contributed by atoms with van der Waals surface area (Å²) in [5.41, 5.74) is 8.76. The fourth-order valence-electron chi connectivity index (χ4n) is 1.94. The van der Waals surface area contributed by atoms with Crippen molar-refractivity contribution in [3.63, 3.8) is 0 Å². The standard InChI is InChI=1S/C14H15N7OS/c1-7-3-4-9(18-8(7)2)19-10(22)5-23-13-11-12(17-6-16-11)20-14(15)21-13/h3-4,6H,5H2,1-2H3,(H,18,19,22)(H3,15,16,17,20,21). The highest BCUT2D eigenvalue weighted by Gasteiger charge is 2.12. The minimum atomic E-state index is -0.171. The van der Waals surface area contributed by atoms with Crippen LogP contribution in [0.1, 0.15) is 11.3 Å². The number of nitrogens with two attached hydrogens (primary N) is 1. The van der Waals surface area contributed by atoms with Crippen LogP contribution < -0.4 is 11.1 Å². The molecule has 0 aliphatic heterocycles. The molecule has 0 saturated heterocycles. The second-order valence-electron chi connectivity index (χ2n) is 4.92. The van der Waals surface area contributed by atoms with Gasteiger partial charge in [-0.25, -0.2) is 15.0 Å². The first-order valence-corrected chi connectivity index (χ1v) is 7.85. The van der Waals surface area contributed by atoms with Gasteiger partial charge in [0.2, 0.25) is 11.9 Å². The number of carbonyl (C=O) groups is 1. The van der Waals surface area contributed by atoms with Crippen LogP contribution in [0.25, 0.3) is 11.2 Å². The number of rotatable bonds is 4. The van der Waals surface area contributed by atoms with Gasteiger partial charge in [0.25, 0.3) is 0 Å². The Balaban J connectivity index is 1.68. The van der Waals surface area contributed by atoms with Gasteiger partial charge in [0.15, 0.2) is 5.65 Å². The smallest absolute Gasteiger partial charge is 0.235 e. The van der Waals surface area contributed by atoms with Crippen LogP contribution in [0.2, 0.25) is 0 Å². The van der Waals surface area contributed by atoms with Crippen molar-refractivity contribution in [3.8, 4) is 0 Å². The number of aromatic amines is 1. The number of hydrogen-bond acceptors (Lipinski definition) is 7. The molecule has 118 valence electrons. The van der Waals surface area contributed by atoms with E-state index in [1.54, 1.807) is 6.07 Å². The average molecular weight is 329 g/mol. The van der Waals surface area contributed by atoms with E-state index in [1.807, 2.05) is 19.9 Å². The number of nitrogens with zero attached hydrogens (tertiary/aromatic N) is 4. The largest absolute Gasteiger partial charge is 0.368 e. The monoisotopic (exact) mass is 329 g/mol. The number of nitrogen functional groups attached to an aromatic ring is 1. The Morgan fingerprint density at radius 3 is 2.91 bits per heavy atom. The summed E-state index contributed by atoms with van der Waals surface area (Å²) in [6.45, 7) is 3.87. The molecular weight excluding hydrogens is 314 g/mol. The summed E-state index contributed by atoms with van der Waals surface area (Å²) in [5, 5.41) is 3.36. The molecule has 8 nitrogen and oxygen atoms in total. The SMILES string of the molecule is Cc1ccc(NC(=O)CSc2nc(N)nc3nc[nH]c23)nc1C. The van der Waals surface area contributed by atoms with Gasteiger partial charge in [-0.05, 0) is 25.5 Å². The van der Waals surface area contributed by atoms with Crippen molar-refractivity contribution in [1.29, 1.82) is 0 Å². The Kier molecular flexibility index (Phi) is 4.11. The summed E-state index contributed by atoms with van der Waals surface area (Å²) >= 11 is 1.26. The van der Waals surface area contributed by atoms with Gasteiger partial charge in [0.05, 0.1) is 12.1 Å². The zero-order valence-corrected chi connectivity index (χ0v) is 13.4. The molecule has 0 atom stereocenters. The molecule has 3 aromatic heterocycles. The zero-order chi connectivity index (χ0) is 16.4. The van der Waals surface area contributed by atoms with Crippen molar-refractivity contribution >= 4 is 40.6 Å². The third kappa shape index (κ3) is 3.39. The van der Waals surface area contributed by atoms with E-state index in [1.165, 1.54) is 18.1 Å². The number of H-pyrrole nitrogens is 1. The first-order chi connectivity index (χ1) is 11.0. The van der Waals surface area contributed by atoms with Crippen molar-refractivity contribution in [2.24, 2.45) is 0 Å². The van der Waals surface area contributed by atoms with Crippen LogP contribution in [0.15, 0.2) is 23.5 Å². The number of hydrogen-bond donors (Lipinski definition) is 3. The highest BCUT2D eigenvalue weighted by molar-refractivity contribution is 8.00. The maximum atomic E-state index is 12.1. The Morgan fingerprint density at radius 2 is 2.13 bits per heavy atom. The lowest BCUT2D eigenvalue weighted by atomic mass is 10.2. The first-order valence-electron chi connectivity index (χ1n) is 6.86. The summed E-state index contributed by atoms with van der Waals surface area (Å²) < 4.78 is 0. The van der Waals surface area contributed by atoms with E-state index in [9.17, 15) is 4.79 Å². The molecular formula is C14H15N7OS. The second-order valence-corrected chi connectivity index (χ2v) is 5.89. The number of pyridine rings is 1. The van der Waals surface area contributed by atoms with Crippen molar-refractivity contribution in [1.82, 2.24) is 24.9 Å². The molecule has 0 aliphatic carbocycles. The summed E-state index contributed by atoms with van der Waals surface area (Å²) in [5.74, 6) is 0.672. The van der Waals surface area contributed by atoms with Crippen LogP contribution in [-0.2, 0) is 4.79 Å². The number of fused-ring (bicyclic) bond motifs is 1. The van der Waals surface area contributed by atoms with Gasteiger partial charge in [0.1, 0.15) is 16.4 Å². The molecule has 0 saturated carbocycles. The fraction of sp³-hybridized carbons (Fsp3) is 0.214. The molecule has 3 heterocycles. The third-order valence-electron chi connectivity index (χ3n) is 3.23. The van der Waals surface area contributed by atoms with Crippen LogP contribution >= 0.6 is 11.8 Å². The highest BCUT2D eigenvalue weighted by Crippen LogP contribution is 2.23. The number of thioether (sulfide) groups is 1. The van der Waals surface area contributed by atoms with E-state index >= 15 is 0 Å². The molecule has 0 bridgehead atoms. The van der Waals surface area contributed by atoms with E-state index in [0.717, 1.165) is 11.3 Å². The van der Waals surface area contributed by atoms with E-state index in [-0.39, 0.29) is 17.6 Å². The summed E-state index contributed by atoms with van der Waals surface area (Å²) in [7, 11) is 0. The molecule has 0 aliphatic rings. The van der Waals surface area contributed by atoms with Gasteiger partial charge < -0.3 is 16.0 Å². The van der Waals surface area contributed by atoms with Gasteiger partial charge >= 0.3 is 0 Å². The summed E-state index contributed by atoms with van der Waals surface area (Å²) in [6, 6.07) is 3.70. The number of aryl methyl sites for hydroxylation is 2. The summed E-state index contributed by atoms with van der Waals surface area (Å²) in [6.07, 6.45) is 1.52. The van der Waals surface area contributed by atoms with Gasteiger partial charge in [0, 0.05) is 5.69 Å². The van der Waals surface area contributed by atoms with Gasteiger partial charge in [-0.1, -0.05) is 17.8 Å². The van der Waals surface area contributed by atoms with Crippen molar-refractivity contribution in [2.75, 3.05) is 16.8 Å². The molecule has 0 aromatic carbocycles. The van der Waals surface area contributed by atoms with Crippen molar-refractivity contribution in [3.05, 3.63) is 29.7 Å². The van der Waals surface area contributed by atoms with E-state index in [2.05, 4.69) is 30.2 Å². The highest BCUT2D eigenvalue weighted by atomic mass is 32.2. The van der Waals surface area contributed by atoms with Crippen LogP contribution in [0, 0.1) is 13.8 Å². The molecule has 0 spiro atoms. The Hall–Kier alpha value is -2.68. The number of carbonyl (C=O) groups excluding carboxylic acids is 1. The predicted octanol–water partition coefficient (Wildman–Crippen LogP) is 1.68. The Bertz CT molecular complexity index is 877. The maximum Gasteiger partial charge on any atom is 0.235 e. The Labute approximate surface area is 136 Å². The molecule has 1 amide bonds. The van der Waals surface area contributed by atoms with E-state index < -0.39 is 0 Å². The molecule has 3 rings (SSSR count). The molecule has 4 N–H and O–H groups in total. The quantitative estimate of drug-likeness (QED) is 0.491. The van der Waals surface area contributed by atoms with Gasteiger partial charge in [-0.3, -0.25) is 4.79 Å².